The molecule has 0 saturated heterocycles. The summed E-state index contributed by atoms with van der Waals surface area (Å²) in [6.45, 7) is 6.09. The molecule has 0 spiro atoms. The minimum atomic E-state index is 0. The van der Waals surface area contributed by atoms with Crippen LogP contribution in [0.1, 0.15) is 15.3 Å². The Labute approximate surface area is 148 Å². The van der Waals surface area contributed by atoms with Crippen molar-refractivity contribution in [3.8, 4) is 0 Å². The van der Waals surface area contributed by atoms with Crippen LogP contribution in [0.3, 0.4) is 0 Å². The van der Waals surface area contributed by atoms with E-state index in [1.54, 1.807) is 37.5 Å². The maximum Gasteiger partial charge on any atom is 0.229 e. The third-order valence-electron chi connectivity index (χ3n) is 3.76. The number of rotatable bonds is 6. The molecule has 0 radical (unpaired) electrons. The van der Waals surface area contributed by atoms with E-state index in [9.17, 15) is 0 Å². The number of fused-ring (bicyclic) bond motifs is 1. The van der Waals surface area contributed by atoms with Gasteiger partial charge in [-0.25, -0.2) is 4.98 Å². The van der Waals surface area contributed by atoms with Crippen LogP contribution in [0.4, 0.5) is 23.1 Å². The van der Waals surface area contributed by atoms with E-state index >= 15 is 0 Å². The van der Waals surface area contributed by atoms with Crippen LogP contribution in [0.25, 0.3) is 11.1 Å². The Bertz CT molecular complexity index is 956. The number of nitrogen functional groups attached to an aromatic ring is 1. The van der Waals surface area contributed by atoms with Gasteiger partial charge in [-0.3, -0.25) is 0 Å². The Hall–Kier alpha value is -3.35. The molecule has 2 heterocycles. The zero-order valence-corrected chi connectivity index (χ0v) is 14.2. The summed E-state index contributed by atoms with van der Waals surface area (Å²) in [5.74, 6) is 1.12. The number of anilines is 4. The molecule has 0 aliphatic rings. The molecule has 25 heavy (non-hydrogen) atoms. The molecule has 2 aromatic heterocycles. The lowest BCUT2D eigenvalue weighted by atomic mass is 10.1. The molecule has 3 aromatic rings. The fraction of sp³-hybridized carbons (Fsp3) is 0.167. The molecule has 0 aliphatic carbocycles. The topological polar surface area (TPSA) is 104 Å². The molecular formula is C18H24N6O. The van der Waals surface area contributed by atoms with Gasteiger partial charge in [0.25, 0.3) is 0 Å². The van der Waals surface area contributed by atoms with Crippen LogP contribution in [0.2, 0.25) is 0 Å². The first-order valence-corrected chi connectivity index (χ1v) is 7.79. The van der Waals surface area contributed by atoms with Gasteiger partial charge >= 0.3 is 0 Å². The Balaban J connectivity index is 0.00000182. The van der Waals surface area contributed by atoms with Gasteiger partial charge in [-0.1, -0.05) is 6.08 Å². The number of hydrogen-bond acceptors (Lipinski definition) is 7. The van der Waals surface area contributed by atoms with Gasteiger partial charge < -0.3 is 25.8 Å². The van der Waals surface area contributed by atoms with Crippen molar-refractivity contribution in [2.45, 2.75) is 6.92 Å². The van der Waals surface area contributed by atoms with Crippen LogP contribution >= 0.6 is 0 Å². The lowest BCUT2D eigenvalue weighted by molar-refractivity contribution is 0.612. The molecule has 0 bridgehead atoms. The van der Waals surface area contributed by atoms with Crippen molar-refractivity contribution in [2.75, 3.05) is 29.5 Å². The number of nitrogens with zero attached hydrogens (tertiary/aromatic N) is 3. The fourth-order valence-electron chi connectivity index (χ4n) is 2.55. The van der Waals surface area contributed by atoms with Crippen molar-refractivity contribution in [3.63, 3.8) is 0 Å². The molecule has 3 rings (SSSR count). The third kappa shape index (κ3) is 3.30. The smallest absolute Gasteiger partial charge is 0.229 e. The highest BCUT2D eigenvalue weighted by molar-refractivity contribution is 6.01. The molecule has 0 fully saturated rings. The number of benzene rings is 1. The van der Waals surface area contributed by atoms with E-state index in [-0.39, 0.29) is 2.85 Å². The zero-order valence-electron chi connectivity index (χ0n) is 14.2. The molecule has 7 heteroatoms. The molecule has 0 unspecified atom stereocenters. The lowest BCUT2D eigenvalue weighted by Crippen LogP contribution is -2.19. The van der Waals surface area contributed by atoms with Crippen LogP contribution in [0.5, 0.6) is 0 Å². The van der Waals surface area contributed by atoms with Crippen molar-refractivity contribution >= 4 is 40.0 Å². The maximum absolute atomic E-state index is 7.71. The van der Waals surface area contributed by atoms with E-state index in [4.69, 9.17) is 15.6 Å². The third-order valence-corrected chi connectivity index (χ3v) is 3.76. The number of furan rings is 1. The highest BCUT2D eigenvalue weighted by atomic mass is 16.3. The minimum Gasteiger partial charge on any atom is -0.459 e. The molecule has 0 atom stereocenters. The molecule has 132 valence electrons. The second-order valence-corrected chi connectivity index (χ2v) is 5.73. The van der Waals surface area contributed by atoms with Gasteiger partial charge in [0.2, 0.25) is 5.95 Å². The SMILES string of the molecule is C=CCN(C)c1nc(Nc2ccc(C(C)=N)c(N)c2)nc2ccoc12.[HH].[HH]. The predicted molar refractivity (Wildman–Crippen MR) is 106 cm³/mol. The van der Waals surface area contributed by atoms with Gasteiger partial charge in [0.1, 0.15) is 5.52 Å². The largest absolute Gasteiger partial charge is 0.459 e. The summed E-state index contributed by atoms with van der Waals surface area (Å²) in [4.78, 5) is 11.0. The summed E-state index contributed by atoms with van der Waals surface area (Å²) in [6, 6.07) is 7.22. The van der Waals surface area contributed by atoms with Crippen LogP contribution in [-0.2, 0) is 0 Å². The molecule has 7 nitrogen and oxygen atoms in total. The van der Waals surface area contributed by atoms with Gasteiger partial charge in [0.15, 0.2) is 11.4 Å². The zero-order chi connectivity index (χ0) is 18.0. The fourth-order valence-corrected chi connectivity index (χ4v) is 2.55. The second kappa shape index (κ2) is 6.64. The number of likely N-dealkylation sites (N-methyl/N-ethyl adjacent to an activating group) is 1. The molecular weight excluding hydrogens is 316 g/mol. The van der Waals surface area contributed by atoms with Crippen LogP contribution < -0.4 is 16.0 Å². The highest BCUT2D eigenvalue weighted by Crippen LogP contribution is 2.27. The molecule has 0 aliphatic heterocycles. The minimum absolute atomic E-state index is 0. The van der Waals surface area contributed by atoms with Crippen LogP contribution in [0.15, 0.2) is 47.6 Å². The summed E-state index contributed by atoms with van der Waals surface area (Å²) in [7, 11) is 1.91. The highest BCUT2D eigenvalue weighted by Gasteiger charge is 2.14. The van der Waals surface area contributed by atoms with Crippen molar-refractivity contribution in [2.24, 2.45) is 0 Å². The number of hydrogen-bond donors (Lipinski definition) is 3. The first-order valence-electron chi connectivity index (χ1n) is 7.79. The summed E-state index contributed by atoms with van der Waals surface area (Å²) in [5, 5.41) is 10.9. The molecule has 0 saturated carbocycles. The number of nitrogens with one attached hydrogen (secondary N) is 2. The van der Waals surface area contributed by atoms with Gasteiger partial charge in [-0.2, -0.15) is 4.98 Å². The van der Waals surface area contributed by atoms with Gasteiger partial charge in [-0.15, -0.1) is 6.58 Å². The summed E-state index contributed by atoms with van der Waals surface area (Å²) in [5.41, 5.74) is 9.77. The Morgan fingerprint density at radius 3 is 2.92 bits per heavy atom. The first-order chi connectivity index (χ1) is 12.0. The summed E-state index contributed by atoms with van der Waals surface area (Å²) in [6.07, 6.45) is 3.39. The van der Waals surface area contributed by atoms with Gasteiger partial charge in [0.05, 0.1) is 6.26 Å². The quantitative estimate of drug-likeness (QED) is 0.355. The standard InChI is InChI=1S/C18H20N6O.2H2/c1-4-8-24(3)17-16-15(7-9-25-16)22-18(23-17)21-12-5-6-13(11(2)19)14(20)10-12;;/h4-7,9-10,19H,1,8,20H2,2-3H3,(H,21,22,23);2*1H. The van der Waals surface area contributed by atoms with Crippen molar-refractivity contribution < 1.29 is 7.27 Å². The normalized spacial score (nSPS) is 10.6. The van der Waals surface area contributed by atoms with Crippen molar-refractivity contribution in [1.82, 2.24) is 9.97 Å². The molecule has 4 N–H and O–H groups in total. The predicted octanol–water partition coefficient (Wildman–Crippen LogP) is 4.05. The Morgan fingerprint density at radius 1 is 1.44 bits per heavy atom. The number of nitrogens with two attached hydrogens (primary N) is 1. The lowest BCUT2D eigenvalue weighted by Gasteiger charge is -2.17. The van der Waals surface area contributed by atoms with Gasteiger partial charge in [-0.05, 0) is 25.1 Å². The Kier molecular flexibility index (Phi) is 4.38. The van der Waals surface area contributed by atoms with E-state index in [1.165, 1.54) is 0 Å². The Morgan fingerprint density at radius 2 is 2.24 bits per heavy atom. The summed E-state index contributed by atoms with van der Waals surface area (Å²) < 4.78 is 5.51. The van der Waals surface area contributed by atoms with E-state index < -0.39 is 0 Å². The molecule has 1 aromatic carbocycles. The number of aromatic nitrogens is 2. The van der Waals surface area contributed by atoms with E-state index in [2.05, 4.69) is 21.9 Å². The van der Waals surface area contributed by atoms with Crippen molar-refractivity contribution in [3.05, 3.63) is 48.7 Å². The average Bonchev–Trinajstić information content (AvgIpc) is 3.02. The van der Waals surface area contributed by atoms with Crippen molar-refractivity contribution in [1.29, 1.82) is 5.41 Å². The van der Waals surface area contributed by atoms with Crippen LogP contribution in [0, 0.1) is 5.41 Å². The summed E-state index contributed by atoms with van der Waals surface area (Å²) >= 11 is 0. The van der Waals surface area contributed by atoms with Gasteiger partial charge in [0, 0.05) is 45.2 Å². The first kappa shape index (κ1) is 16.5. The van der Waals surface area contributed by atoms with E-state index in [0.29, 0.717) is 46.4 Å². The molecule has 0 amide bonds. The monoisotopic (exact) mass is 340 g/mol. The maximum atomic E-state index is 7.71. The van der Waals surface area contributed by atoms with E-state index in [1.807, 2.05) is 18.0 Å². The average molecular weight is 340 g/mol. The second-order valence-electron chi connectivity index (χ2n) is 5.73. The van der Waals surface area contributed by atoms with Crippen LogP contribution in [-0.4, -0.2) is 29.3 Å². The van der Waals surface area contributed by atoms with E-state index in [0.717, 1.165) is 5.69 Å².